The molecule has 0 amide bonds. The molecule has 0 radical (unpaired) electrons. The monoisotopic (exact) mass is 349 g/mol. The van der Waals surface area contributed by atoms with E-state index >= 15 is 0 Å². The van der Waals surface area contributed by atoms with Crippen molar-refractivity contribution in [3.63, 3.8) is 0 Å². The van der Waals surface area contributed by atoms with E-state index < -0.39 is 14.8 Å². The summed E-state index contributed by atoms with van der Waals surface area (Å²) in [5, 5.41) is 0.936. The fourth-order valence-corrected chi connectivity index (χ4v) is 5.30. The van der Waals surface area contributed by atoms with Crippen LogP contribution in [0.4, 0.5) is 0 Å². The molecule has 2 aromatic rings. The number of fused-ring (bicyclic) bond motifs is 1. The lowest BCUT2D eigenvalue weighted by molar-refractivity contribution is 0.553. The van der Waals surface area contributed by atoms with Gasteiger partial charge in [0.1, 0.15) is 4.75 Å². The van der Waals surface area contributed by atoms with E-state index in [0.717, 1.165) is 27.6 Å². The van der Waals surface area contributed by atoms with Gasteiger partial charge in [-0.3, -0.25) is 0 Å². The molecule has 0 saturated heterocycles. The number of allylic oxidation sites excluding steroid dienone is 3. The molecule has 1 unspecified atom stereocenters. The molecule has 0 aliphatic heterocycles. The highest BCUT2D eigenvalue weighted by atomic mass is 35.5. The summed E-state index contributed by atoms with van der Waals surface area (Å²) in [5.74, 6) is 0.407. The van der Waals surface area contributed by atoms with E-state index in [1.54, 1.807) is 13.1 Å². The minimum atomic E-state index is -3.58. The summed E-state index contributed by atoms with van der Waals surface area (Å²) in [6.45, 7) is 5.63. The normalized spacial score (nSPS) is 22.1. The average Bonchev–Trinajstić information content (AvgIpc) is 2.93. The van der Waals surface area contributed by atoms with Gasteiger partial charge in [0.15, 0.2) is 0 Å². The third kappa shape index (κ3) is 2.45. The second kappa shape index (κ2) is 5.53. The predicted molar refractivity (Wildman–Crippen MR) is 96.6 cm³/mol. The first-order chi connectivity index (χ1) is 10.8. The largest absolute Gasteiger partial charge is 0.248 e. The molecule has 23 heavy (non-hydrogen) atoms. The van der Waals surface area contributed by atoms with Gasteiger partial charge in [-0.05, 0) is 50.0 Å². The smallest absolute Gasteiger partial charge is 0.244 e. The van der Waals surface area contributed by atoms with Crippen molar-refractivity contribution in [2.45, 2.75) is 31.9 Å². The molecule has 0 N–H and O–H groups in total. The zero-order valence-electron chi connectivity index (χ0n) is 13.5. The third-order valence-corrected chi connectivity index (χ3v) is 7.23. The molecule has 3 rings (SSSR count). The SMILES string of the molecule is CC1=CC(C)(S(=O)(=O)n2ccc3cccc(C)c32)CC=C1CCl. The standard InChI is InChI=1S/C18H20ClNO2S/c1-13-5-4-6-15-8-10-20(17(13)15)23(21,22)18(3)9-7-16(12-19)14(2)11-18/h4-8,10-11H,9,12H2,1-3H3. The number of hydrogen-bond donors (Lipinski definition) is 0. The van der Waals surface area contributed by atoms with Crippen molar-refractivity contribution in [2.75, 3.05) is 5.88 Å². The van der Waals surface area contributed by atoms with Crippen molar-refractivity contribution in [1.82, 2.24) is 3.97 Å². The van der Waals surface area contributed by atoms with Crippen LogP contribution in [0.5, 0.6) is 0 Å². The Morgan fingerprint density at radius 1 is 1.26 bits per heavy atom. The fraction of sp³-hybridized carbons (Fsp3) is 0.333. The number of aryl methyl sites for hydroxylation is 1. The number of para-hydroxylation sites is 1. The molecule has 5 heteroatoms. The van der Waals surface area contributed by atoms with Crippen LogP contribution in [0.15, 0.2) is 53.8 Å². The van der Waals surface area contributed by atoms with Gasteiger partial charge in [-0.25, -0.2) is 12.4 Å². The Labute approximate surface area is 142 Å². The highest BCUT2D eigenvalue weighted by Gasteiger charge is 2.40. The third-order valence-electron chi connectivity index (χ3n) is 4.65. The van der Waals surface area contributed by atoms with Gasteiger partial charge in [0.05, 0.1) is 5.52 Å². The van der Waals surface area contributed by atoms with Crippen LogP contribution in [0.2, 0.25) is 0 Å². The van der Waals surface area contributed by atoms with Gasteiger partial charge in [-0.2, -0.15) is 0 Å². The molecule has 3 nitrogen and oxygen atoms in total. The number of alkyl halides is 1. The van der Waals surface area contributed by atoms with Gasteiger partial charge < -0.3 is 0 Å². The number of aromatic nitrogens is 1. The first kappa shape index (κ1) is 16.3. The number of halogens is 1. The molecule has 0 fully saturated rings. The summed E-state index contributed by atoms with van der Waals surface area (Å²) in [5.41, 5.74) is 3.65. The van der Waals surface area contributed by atoms with Gasteiger partial charge in [-0.15, -0.1) is 11.6 Å². The average molecular weight is 350 g/mol. The van der Waals surface area contributed by atoms with Crippen LogP contribution in [0.1, 0.15) is 25.8 Å². The van der Waals surface area contributed by atoms with Crippen molar-refractivity contribution in [1.29, 1.82) is 0 Å². The van der Waals surface area contributed by atoms with Crippen LogP contribution in [-0.2, 0) is 10.0 Å². The van der Waals surface area contributed by atoms with Crippen LogP contribution < -0.4 is 0 Å². The van der Waals surface area contributed by atoms with Crippen LogP contribution in [-0.4, -0.2) is 23.0 Å². The van der Waals surface area contributed by atoms with E-state index in [1.165, 1.54) is 3.97 Å². The molecule has 0 saturated carbocycles. The van der Waals surface area contributed by atoms with E-state index in [0.29, 0.717) is 12.3 Å². The quantitative estimate of drug-likeness (QED) is 0.770. The number of hydrogen-bond acceptors (Lipinski definition) is 2. The molecule has 1 atom stereocenters. The number of rotatable bonds is 3. The minimum Gasteiger partial charge on any atom is -0.244 e. The Balaban J connectivity index is 2.17. The second-order valence-electron chi connectivity index (χ2n) is 6.34. The van der Waals surface area contributed by atoms with Crippen molar-refractivity contribution < 1.29 is 8.42 Å². The van der Waals surface area contributed by atoms with Gasteiger partial charge >= 0.3 is 0 Å². The summed E-state index contributed by atoms with van der Waals surface area (Å²) < 4.78 is 27.1. The molecule has 122 valence electrons. The molecule has 1 aromatic heterocycles. The zero-order chi connectivity index (χ0) is 16.8. The summed E-state index contributed by atoms with van der Waals surface area (Å²) in [4.78, 5) is 0. The highest BCUT2D eigenvalue weighted by Crippen LogP contribution is 2.36. The molecule has 1 aliphatic rings. The summed E-state index contributed by atoms with van der Waals surface area (Å²) in [6.07, 6.45) is 5.87. The Morgan fingerprint density at radius 2 is 2.00 bits per heavy atom. The molecular formula is C18H20ClNO2S. The van der Waals surface area contributed by atoms with E-state index in [9.17, 15) is 8.42 Å². The van der Waals surface area contributed by atoms with Crippen molar-refractivity contribution in [3.8, 4) is 0 Å². The summed E-state index contributed by atoms with van der Waals surface area (Å²) >= 11 is 5.92. The van der Waals surface area contributed by atoms with Crippen molar-refractivity contribution in [2.24, 2.45) is 0 Å². The van der Waals surface area contributed by atoms with E-state index in [-0.39, 0.29) is 0 Å². The lowest BCUT2D eigenvalue weighted by atomic mass is 9.93. The van der Waals surface area contributed by atoms with Crippen LogP contribution in [0.3, 0.4) is 0 Å². The minimum absolute atomic E-state index is 0.407. The molecule has 0 bridgehead atoms. The maximum atomic E-state index is 13.3. The Morgan fingerprint density at radius 3 is 2.65 bits per heavy atom. The van der Waals surface area contributed by atoms with Gasteiger partial charge in [-0.1, -0.05) is 30.4 Å². The van der Waals surface area contributed by atoms with E-state index in [4.69, 9.17) is 11.6 Å². The molecule has 0 spiro atoms. The lowest BCUT2D eigenvalue weighted by Crippen LogP contribution is -2.38. The fourth-order valence-electron chi connectivity index (χ4n) is 3.20. The summed E-state index contributed by atoms with van der Waals surface area (Å²) in [7, 11) is -3.58. The zero-order valence-corrected chi connectivity index (χ0v) is 15.1. The first-order valence-corrected chi connectivity index (χ1v) is 9.54. The first-order valence-electron chi connectivity index (χ1n) is 7.57. The van der Waals surface area contributed by atoms with Gasteiger partial charge in [0.25, 0.3) is 0 Å². The van der Waals surface area contributed by atoms with Crippen LogP contribution in [0, 0.1) is 6.92 Å². The van der Waals surface area contributed by atoms with E-state index in [2.05, 4.69) is 0 Å². The Kier molecular flexibility index (Phi) is 3.93. The van der Waals surface area contributed by atoms with Gasteiger partial charge in [0.2, 0.25) is 10.0 Å². The highest BCUT2D eigenvalue weighted by molar-refractivity contribution is 7.91. The topological polar surface area (TPSA) is 39.1 Å². The predicted octanol–water partition coefficient (Wildman–Crippen LogP) is 4.40. The Bertz CT molecular complexity index is 937. The van der Waals surface area contributed by atoms with Gasteiger partial charge in [0, 0.05) is 17.5 Å². The van der Waals surface area contributed by atoms with Crippen LogP contribution in [0.25, 0.3) is 10.9 Å². The molecule has 1 aliphatic carbocycles. The molecule has 1 aromatic carbocycles. The lowest BCUT2D eigenvalue weighted by Gasteiger charge is -2.30. The van der Waals surface area contributed by atoms with Crippen molar-refractivity contribution >= 4 is 32.5 Å². The number of nitrogens with zero attached hydrogens (tertiary/aromatic N) is 1. The van der Waals surface area contributed by atoms with Crippen molar-refractivity contribution in [3.05, 3.63) is 59.3 Å². The summed E-state index contributed by atoms with van der Waals surface area (Å²) in [6, 6.07) is 7.66. The molecular weight excluding hydrogens is 330 g/mol. The van der Waals surface area contributed by atoms with E-state index in [1.807, 2.05) is 50.3 Å². The Hall–Kier alpha value is -1.52. The van der Waals surface area contributed by atoms with Crippen LogP contribution >= 0.6 is 11.6 Å². The maximum absolute atomic E-state index is 13.3. The molecule has 1 heterocycles. The maximum Gasteiger partial charge on any atom is 0.248 e. The second-order valence-corrected chi connectivity index (χ2v) is 8.88. The number of benzene rings is 1.